The molecule has 2 aromatic rings. The maximum absolute atomic E-state index is 13.5. The summed E-state index contributed by atoms with van der Waals surface area (Å²) in [6.45, 7) is 9.28. The van der Waals surface area contributed by atoms with Gasteiger partial charge in [-0.25, -0.2) is 9.18 Å². The number of carbonyl (C=O) groups excluding carboxylic acids is 2. The van der Waals surface area contributed by atoms with E-state index in [2.05, 4.69) is 30.1 Å². The Morgan fingerprint density at radius 1 is 1.08 bits per heavy atom. The topological polar surface area (TPSA) is 65.1 Å². The monoisotopic (exact) mass is 534 g/mol. The van der Waals surface area contributed by atoms with E-state index in [4.69, 9.17) is 4.74 Å². The maximum atomic E-state index is 13.5. The molecule has 39 heavy (non-hydrogen) atoms. The van der Waals surface area contributed by atoms with Gasteiger partial charge in [0.2, 0.25) is 0 Å². The Balaban J connectivity index is 1.19. The first-order valence-electron chi connectivity index (χ1n) is 13.9. The van der Waals surface area contributed by atoms with Crippen molar-refractivity contribution in [2.24, 2.45) is 17.3 Å². The number of nitrogens with one attached hydrogen (secondary N) is 1. The number of fused-ring (bicyclic) bond motifs is 1. The van der Waals surface area contributed by atoms with Crippen LogP contribution in [-0.2, 0) is 0 Å². The lowest BCUT2D eigenvalue weighted by Gasteiger charge is -2.57. The average molecular weight is 535 g/mol. The number of hydrogen-bond acceptors (Lipinski definition) is 4. The van der Waals surface area contributed by atoms with Crippen molar-refractivity contribution in [3.8, 4) is 5.75 Å². The van der Waals surface area contributed by atoms with Crippen LogP contribution in [0.25, 0.3) is 0 Å². The van der Waals surface area contributed by atoms with Gasteiger partial charge in [0.05, 0.1) is 12.8 Å². The lowest BCUT2D eigenvalue weighted by atomic mass is 9.49. The number of para-hydroxylation sites is 2. The number of carbonyl (C=O) groups is 2. The predicted octanol–water partition coefficient (Wildman–Crippen LogP) is 5.12. The number of urea groups is 1. The number of hydrogen-bond donors (Lipinski definition) is 1. The van der Waals surface area contributed by atoms with Crippen LogP contribution in [0, 0.1) is 23.1 Å². The van der Waals surface area contributed by atoms with Gasteiger partial charge in [0.15, 0.2) is 0 Å². The second-order valence-corrected chi connectivity index (χ2v) is 11.5. The molecule has 4 aliphatic rings. The second-order valence-electron chi connectivity index (χ2n) is 11.5. The summed E-state index contributed by atoms with van der Waals surface area (Å²) in [5.74, 6) is 1.48. The molecule has 2 fully saturated rings. The molecule has 7 nitrogen and oxygen atoms in total. The van der Waals surface area contributed by atoms with Crippen molar-refractivity contribution < 1.29 is 18.7 Å². The highest BCUT2D eigenvalue weighted by molar-refractivity contribution is 5.94. The van der Waals surface area contributed by atoms with E-state index in [1.54, 1.807) is 19.2 Å². The van der Waals surface area contributed by atoms with E-state index in [-0.39, 0.29) is 23.2 Å². The second kappa shape index (κ2) is 11.4. The molecule has 2 aromatic carbocycles. The van der Waals surface area contributed by atoms with E-state index < -0.39 is 0 Å². The van der Waals surface area contributed by atoms with Crippen molar-refractivity contribution in [3.05, 3.63) is 71.6 Å². The van der Waals surface area contributed by atoms with Crippen LogP contribution in [0.3, 0.4) is 0 Å². The number of ether oxygens (including phenoxy) is 1. The van der Waals surface area contributed by atoms with Crippen LogP contribution < -0.4 is 10.1 Å². The van der Waals surface area contributed by atoms with Crippen molar-refractivity contribution in [2.45, 2.75) is 26.7 Å². The van der Waals surface area contributed by atoms with Crippen LogP contribution in [-0.4, -0.2) is 79.6 Å². The van der Waals surface area contributed by atoms with Crippen molar-refractivity contribution >= 4 is 17.6 Å². The van der Waals surface area contributed by atoms with Gasteiger partial charge in [-0.2, -0.15) is 0 Å². The number of benzene rings is 2. The first-order valence-corrected chi connectivity index (χ1v) is 13.9. The van der Waals surface area contributed by atoms with E-state index in [9.17, 15) is 14.0 Å². The minimum atomic E-state index is -0.344. The summed E-state index contributed by atoms with van der Waals surface area (Å²) in [5, 5.41) is 2.95. The molecule has 2 atom stereocenters. The first kappa shape index (κ1) is 27.2. The van der Waals surface area contributed by atoms with E-state index in [1.807, 2.05) is 34.1 Å². The van der Waals surface area contributed by atoms with Gasteiger partial charge in [-0.3, -0.25) is 9.69 Å². The summed E-state index contributed by atoms with van der Waals surface area (Å²) < 4.78 is 18.9. The molecule has 1 saturated carbocycles. The summed E-state index contributed by atoms with van der Waals surface area (Å²) in [6, 6.07) is 13.1. The van der Waals surface area contributed by atoms with Crippen LogP contribution in [0.2, 0.25) is 0 Å². The van der Waals surface area contributed by atoms with Gasteiger partial charge in [0, 0.05) is 51.4 Å². The van der Waals surface area contributed by atoms with Crippen LogP contribution in [0.1, 0.15) is 37.0 Å². The summed E-state index contributed by atoms with van der Waals surface area (Å²) in [4.78, 5) is 32.4. The van der Waals surface area contributed by atoms with Crippen molar-refractivity contribution in [2.75, 3.05) is 58.2 Å². The Morgan fingerprint density at radius 2 is 1.79 bits per heavy atom. The molecule has 8 heteroatoms. The molecule has 0 spiro atoms. The largest absolute Gasteiger partial charge is 0.495 e. The Morgan fingerprint density at radius 3 is 2.46 bits per heavy atom. The Hall–Kier alpha value is -3.39. The normalized spacial score (nSPS) is 21.9. The zero-order valence-electron chi connectivity index (χ0n) is 23.2. The van der Waals surface area contributed by atoms with Gasteiger partial charge in [0.1, 0.15) is 11.6 Å². The Bertz CT molecular complexity index is 1220. The van der Waals surface area contributed by atoms with E-state index in [0.717, 1.165) is 32.0 Å². The smallest absolute Gasteiger partial charge is 0.322 e. The van der Waals surface area contributed by atoms with Crippen LogP contribution in [0.15, 0.2) is 60.2 Å². The molecule has 1 heterocycles. The fourth-order valence-electron chi connectivity index (χ4n) is 6.28. The fraction of sp³-hybridized carbons (Fsp3) is 0.484. The van der Waals surface area contributed by atoms with Crippen LogP contribution in [0.5, 0.6) is 5.75 Å². The number of methoxy groups -OCH3 is 1. The lowest BCUT2D eigenvalue weighted by molar-refractivity contribution is -0.0105. The summed E-state index contributed by atoms with van der Waals surface area (Å²) >= 11 is 0. The van der Waals surface area contributed by atoms with Gasteiger partial charge in [-0.05, 0) is 66.5 Å². The number of allylic oxidation sites excluding steroid dienone is 1. The molecule has 1 saturated heterocycles. The van der Waals surface area contributed by atoms with Gasteiger partial charge in [-0.15, -0.1) is 0 Å². The standard InChI is InChI=1S/C31H39FN4O3/c1-31(2)24-11-8-23(26(31)20-24)21-36(29(37)22-9-12-25(32)13-10-22)19-16-34-14-17-35(18-15-34)30(38)33-27-6-4-5-7-28(27)39-3/h4-10,12-13,24,26H,11,14-21H2,1-3H3,(H,33,38). The Kier molecular flexibility index (Phi) is 7.93. The third-order valence-corrected chi connectivity index (χ3v) is 9.03. The molecule has 208 valence electrons. The average Bonchev–Trinajstić information content (AvgIpc) is 2.95. The lowest BCUT2D eigenvalue weighted by Crippen LogP contribution is -2.52. The molecule has 0 radical (unpaired) electrons. The number of halogens is 1. The number of rotatable bonds is 8. The zero-order chi connectivity index (χ0) is 27.6. The van der Waals surface area contributed by atoms with E-state index >= 15 is 0 Å². The van der Waals surface area contributed by atoms with Crippen molar-refractivity contribution in [1.82, 2.24) is 14.7 Å². The molecule has 2 unspecified atom stereocenters. The molecular weight excluding hydrogens is 495 g/mol. The highest BCUT2D eigenvalue weighted by Gasteiger charge is 2.51. The molecule has 1 aliphatic heterocycles. The quantitative estimate of drug-likeness (QED) is 0.478. The highest BCUT2D eigenvalue weighted by atomic mass is 19.1. The predicted molar refractivity (Wildman–Crippen MR) is 150 cm³/mol. The number of piperazine rings is 1. The van der Waals surface area contributed by atoms with Gasteiger partial charge in [0.25, 0.3) is 5.91 Å². The first-order chi connectivity index (χ1) is 18.8. The van der Waals surface area contributed by atoms with Gasteiger partial charge in [-0.1, -0.05) is 37.6 Å². The molecule has 0 aromatic heterocycles. The fourth-order valence-corrected chi connectivity index (χ4v) is 6.28. The molecule has 2 bridgehead atoms. The maximum Gasteiger partial charge on any atom is 0.322 e. The number of nitrogens with zero attached hydrogens (tertiary/aromatic N) is 3. The minimum absolute atomic E-state index is 0.0648. The van der Waals surface area contributed by atoms with E-state index in [0.29, 0.717) is 49.1 Å². The number of amides is 3. The van der Waals surface area contributed by atoms with Crippen LogP contribution in [0.4, 0.5) is 14.9 Å². The highest BCUT2D eigenvalue weighted by Crippen LogP contribution is 2.59. The molecule has 6 rings (SSSR count). The Labute approximate surface area is 230 Å². The molecule has 3 amide bonds. The van der Waals surface area contributed by atoms with Crippen LogP contribution >= 0.6 is 0 Å². The summed E-state index contributed by atoms with van der Waals surface area (Å²) in [5.41, 5.74) is 2.81. The van der Waals surface area contributed by atoms with E-state index in [1.165, 1.54) is 24.1 Å². The summed E-state index contributed by atoms with van der Waals surface area (Å²) in [7, 11) is 1.59. The third kappa shape index (κ3) is 5.81. The van der Waals surface area contributed by atoms with Gasteiger partial charge >= 0.3 is 6.03 Å². The molecular formula is C31H39FN4O3. The number of anilines is 1. The third-order valence-electron chi connectivity index (χ3n) is 9.03. The zero-order valence-corrected chi connectivity index (χ0v) is 23.2. The van der Waals surface area contributed by atoms with Crippen molar-refractivity contribution in [1.29, 1.82) is 0 Å². The minimum Gasteiger partial charge on any atom is -0.495 e. The van der Waals surface area contributed by atoms with Crippen molar-refractivity contribution in [3.63, 3.8) is 0 Å². The molecule has 3 aliphatic carbocycles. The van der Waals surface area contributed by atoms with Gasteiger partial charge < -0.3 is 19.9 Å². The molecule has 1 N–H and O–H groups in total. The SMILES string of the molecule is COc1ccccc1NC(=O)N1CCN(CCN(CC2=CCC3CC2C3(C)C)C(=O)c2ccc(F)cc2)CC1. The summed E-state index contributed by atoms with van der Waals surface area (Å²) in [6.07, 6.45) is 4.63.